The predicted octanol–water partition coefficient (Wildman–Crippen LogP) is 1.14. The summed E-state index contributed by atoms with van der Waals surface area (Å²) >= 11 is 0. The topological polar surface area (TPSA) is 160 Å². The lowest BCUT2D eigenvalue weighted by Crippen LogP contribution is -2.71. The number of hydrogen-bond acceptors (Lipinski definition) is 9. The highest BCUT2D eigenvalue weighted by Gasteiger charge is 2.32. The van der Waals surface area contributed by atoms with Gasteiger partial charge in [0.15, 0.2) is 0 Å². The van der Waals surface area contributed by atoms with Crippen LogP contribution in [0.25, 0.3) is 0 Å². The van der Waals surface area contributed by atoms with Gasteiger partial charge in [0.1, 0.15) is 24.5 Å². The van der Waals surface area contributed by atoms with Gasteiger partial charge < -0.3 is 15.3 Å². The molecule has 176 valence electrons. The van der Waals surface area contributed by atoms with Crippen LogP contribution in [0.3, 0.4) is 0 Å². The highest BCUT2D eigenvalue weighted by molar-refractivity contribution is 7.80. The molecule has 3 unspecified atom stereocenters. The lowest BCUT2D eigenvalue weighted by atomic mass is 10.0. The van der Waals surface area contributed by atoms with Gasteiger partial charge in [0.25, 0.3) is 0 Å². The average Bonchev–Trinajstić information content (AvgIpc) is 2.52. The van der Waals surface area contributed by atoms with Crippen LogP contribution >= 0.6 is 0 Å². The maximum Gasteiger partial charge on any atom is 0.397 e. The zero-order chi connectivity index (χ0) is 22.3. The lowest BCUT2D eigenvalue weighted by Gasteiger charge is -2.40. The number of aliphatic hydroxyl groups is 3. The van der Waals surface area contributed by atoms with E-state index >= 15 is 0 Å². The fourth-order valence-corrected chi connectivity index (χ4v) is 3.63. The van der Waals surface area contributed by atoms with E-state index in [0.717, 1.165) is 51.4 Å². The SMILES string of the molecule is CC(O)NC(CCCCCCCCCCCOS(=O)(=O)O)(NC(C)O)NC(C)O. The molecule has 0 bridgehead atoms. The molecule has 0 spiro atoms. The second-order valence-corrected chi connectivity index (χ2v) is 8.64. The Bertz CT molecular complexity index is 475. The van der Waals surface area contributed by atoms with E-state index in [9.17, 15) is 23.7 Å². The molecule has 11 heteroatoms. The fraction of sp³-hybridized carbons (Fsp3) is 1.00. The van der Waals surface area contributed by atoms with Crippen molar-refractivity contribution in [3.05, 3.63) is 0 Å². The van der Waals surface area contributed by atoms with E-state index in [-0.39, 0.29) is 6.61 Å². The van der Waals surface area contributed by atoms with Gasteiger partial charge in [-0.25, -0.2) is 4.18 Å². The van der Waals surface area contributed by atoms with Crippen LogP contribution in [-0.4, -0.2) is 59.4 Å². The molecule has 0 radical (unpaired) electrons. The van der Waals surface area contributed by atoms with Crippen molar-refractivity contribution in [3.8, 4) is 0 Å². The third-order valence-corrected chi connectivity index (χ3v) is 4.76. The normalized spacial score (nSPS) is 17.6. The fourth-order valence-electron chi connectivity index (χ4n) is 3.31. The maximum atomic E-state index is 10.4. The lowest BCUT2D eigenvalue weighted by molar-refractivity contribution is -0.0152. The van der Waals surface area contributed by atoms with Gasteiger partial charge in [-0.1, -0.05) is 44.9 Å². The molecule has 0 heterocycles. The highest BCUT2D eigenvalue weighted by Crippen LogP contribution is 2.15. The molecule has 0 amide bonds. The number of hydrogen-bond donors (Lipinski definition) is 7. The first kappa shape index (κ1) is 28.6. The smallest absolute Gasteiger partial charge is 0.379 e. The molecule has 0 aliphatic heterocycles. The summed E-state index contributed by atoms with van der Waals surface area (Å²) in [5.41, 5.74) is 0. The van der Waals surface area contributed by atoms with Crippen LogP contribution in [-0.2, 0) is 14.6 Å². The number of rotatable bonds is 19. The van der Waals surface area contributed by atoms with Crippen molar-refractivity contribution < 1.29 is 32.5 Å². The van der Waals surface area contributed by atoms with Crippen LogP contribution in [0.4, 0.5) is 0 Å². The summed E-state index contributed by atoms with van der Waals surface area (Å²) in [5.74, 6) is -0.972. The largest absolute Gasteiger partial charge is 0.397 e. The van der Waals surface area contributed by atoms with Gasteiger partial charge in [-0.2, -0.15) is 8.42 Å². The summed E-state index contributed by atoms with van der Waals surface area (Å²) in [6.45, 7) is 4.76. The molecule has 0 aromatic carbocycles. The zero-order valence-corrected chi connectivity index (χ0v) is 18.7. The predicted molar refractivity (Wildman–Crippen MR) is 111 cm³/mol. The Kier molecular flexibility index (Phi) is 15.2. The van der Waals surface area contributed by atoms with E-state index in [0.29, 0.717) is 12.8 Å². The van der Waals surface area contributed by atoms with E-state index in [1.54, 1.807) is 20.8 Å². The Labute approximate surface area is 175 Å². The quantitative estimate of drug-likeness (QED) is 0.0876. The summed E-state index contributed by atoms with van der Waals surface area (Å²) in [6.07, 6.45) is 6.67. The second kappa shape index (κ2) is 15.4. The number of unbranched alkanes of at least 4 members (excludes halogenated alkanes) is 8. The van der Waals surface area contributed by atoms with Gasteiger partial charge in [0.05, 0.1) is 6.61 Å². The van der Waals surface area contributed by atoms with Crippen molar-refractivity contribution in [1.29, 1.82) is 0 Å². The van der Waals surface area contributed by atoms with Crippen LogP contribution in [0.15, 0.2) is 0 Å². The van der Waals surface area contributed by atoms with Gasteiger partial charge in [0, 0.05) is 0 Å². The molecule has 0 saturated carbocycles. The molecule has 7 N–H and O–H groups in total. The van der Waals surface area contributed by atoms with Crippen molar-refractivity contribution in [2.24, 2.45) is 0 Å². The first-order chi connectivity index (χ1) is 13.5. The Morgan fingerprint density at radius 2 is 1.07 bits per heavy atom. The number of aliphatic hydroxyl groups excluding tert-OH is 3. The van der Waals surface area contributed by atoms with Crippen molar-refractivity contribution in [2.75, 3.05) is 6.61 Å². The minimum atomic E-state index is -4.32. The van der Waals surface area contributed by atoms with Crippen molar-refractivity contribution in [1.82, 2.24) is 16.0 Å². The third-order valence-electron chi connectivity index (χ3n) is 4.29. The standard InChI is InChI=1S/C18H41N3O7S/c1-15(22)19-18(20-16(2)23,21-17(3)24)13-11-9-7-5-4-6-8-10-12-14-28-29(25,26)27/h15-17,19-24H,4-14H2,1-3H3,(H,25,26,27). The van der Waals surface area contributed by atoms with Gasteiger partial charge in [-0.15, -0.1) is 0 Å². The van der Waals surface area contributed by atoms with Crippen molar-refractivity contribution in [2.45, 2.75) is 109 Å². The van der Waals surface area contributed by atoms with Crippen LogP contribution in [0, 0.1) is 0 Å². The average molecular weight is 444 g/mol. The van der Waals surface area contributed by atoms with E-state index in [1.165, 1.54) is 0 Å². The molecular formula is C18H41N3O7S. The summed E-state index contributed by atoms with van der Waals surface area (Å²) in [6, 6.07) is 0. The first-order valence-electron chi connectivity index (χ1n) is 10.4. The van der Waals surface area contributed by atoms with Crippen LogP contribution in [0.1, 0.15) is 85.0 Å². The molecule has 10 nitrogen and oxygen atoms in total. The molecule has 0 aliphatic carbocycles. The van der Waals surface area contributed by atoms with Gasteiger partial charge in [0.2, 0.25) is 0 Å². The van der Waals surface area contributed by atoms with E-state index in [2.05, 4.69) is 20.1 Å². The second-order valence-electron chi connectivity index (χ2n) is 7.55. The molecule has 29 heavy (non-hydrogen) atoms. The molecule has 0 saturated heterocycles. The summed E-state index contributed by atoms with van der Waals surface area (Å²) in [7, 11) is -4.32. The Hall–Kier alpha value is -0.370. The van der Waals surface area contributed by atoms with Crippen LogP contribution in [0.2, 0.25) is 0 Å². The summed E-state index contributed by atoms with van der Waals surface area (Å²) < 4.78 is 33.5. The molecular weight excluding hydrogens is 402 g/mol. The molecule has 0 fully saturated rings. The molecule has 0 aromatic heterocycles. The monoisotopic (exact) mass is 443 g/mol. The third kappa shape index (κ3) is 18.1. The van der Waals surface area contributed by atoms with Gasteiger partial charge >= 0.3 is 10.4 Å². The summed E-state index contributed by atoms with van der Waals surface area (Å²) in [5, 5.41) is 38.0. The van der Waals surface area contributed by atoms with Crippen LogP contribution in [0.5, 0.6) is 0 Å². The number of nitrogens with one attached hydrogen (secondary N) is 3. The van der Waals surface area contributed by atoms with E-state index < -0.39 is 34.9 Å². The van der Waals surface area contributed by atoms with Crippen molar-refractivity contribution in [3.63, 3.8) is 0 Å². The Morgan fingerprint density at radius 1 is 0.724 bits per heavy atom. The minimum absolute atomic E-state index is 0.0159. The minimum Gasteiger partial charge on any atom is -0.379 e. The first-order valence-corrected chi connectivity index (χ1v) is 11.8. The van der Waals surface area contributed by atoms with Gasteiger partial charge in [-0.05, 0) is 40.0 Å². The van der Waals surface area contributed by atoms with Crippen LogP contribution < -0.4 is 16.0 Å². The van der Waals surface area contributed by atoms with E-state index in [1.807, 2.05) is 0 Å². The highest BCUT2D eigenvalue weighted by atomic mass is 32.3. The zero-order valence-electron chi connectivity index (χ0n) is 17.9. The Balaban J connectivity index is 3.99. The molecule has 3 atom stereocenters. The summed E-state index contributed by atoms with van der Waals surface area (Å²) in [4.78, 5) is 0. The maximum absolute atomic E-state index is 10.4. The molecule has 0 aliphatic rings. The molecule has 0 rings (SSSR count). The Morgan fingerprint density at radius 3 is 1.41 bits per heavy atom. The van der Waals surface area contributed by atoms with Gasteiger partial charge in [-0.3, -0.25) is 20.5 Å². The van der Waals surface area contributed by atoms with E-state index in [4.69, 9.17) is 4.55 Å². The van der Waals surface area contributed by atoms with Crippen molar-refractivity contribution >= 4 is 10.4 Å². The molecule has 0 aromatic rings.